The fraction of sp³-hybridized carbons (Fsp3) is 0.130. The first-order valence-electron chi connectivity index (χ1n) is 10.6. The molecule has 2 aromatic carbocycles. The maximum atomic E-state index is 12.0. The maximum Gasteiger partial charge on any atom is 0.336 e. The lowest BCUT2D eigenvalue weighted by molar-refractivity contribution is 0.0697. The van der Waals surface area contributed by atoms with Gasteiger partial charge in [0.05, 0.1) is 16.4 Å². The molecule has 0 atom stereocenters. The van der Waals surface area contributed by atoms with E-state index in [1.54, 1.807) is 25.1 Å². The smallest absolute Gasteiger partial charge is 0.336 e. The van der Waals surface area contributed by atoms with Crippen LogP contribution in [-0.4, -0.2) is 17.6 Å². The van der Waals surface area contributed by atoms with E-state index in [1.807, 2.05) is 6.92 Å². The average molecular weight is 361 g/mol. The number of carboxylic acids is 1. The van der Waals surface area contributed by atoms with Gasteiger partial charge in [-0.1, -0.05) is 30.3 Å². The van der Waals surface area contributed by atoms with Gasteiger partial charge in [0.25, 0.3) is 0 Å². The van der Waals surface area contributed by atoms with E-state index >= 15 is 0 Å². The molecule has 134 valence electrons. The molecule has 0 fully saturated rings. The molecule has 1 aliphatic heterocycles. The van der Waals surface area contributed by atoms with Gasteiger partial charge in [-0.2, -0.15) is 0 Å². The predicted molar refractivity (Wildman–Crippen MR) is 106 cm³/mol. The molecule has 0 amide bonds. The van der Waals surface area contributed by atoms with Crippen LogP contribution in [-0.2, 0) is 0 Å². The second kappa shape index (κ2) is 6.72. The summed E-state index contributed by atoms with van der Waals surface area (Å²) in [5.74, 6) is -1.11. The maximum absolute atomic E-state index is 12.0. The van der Waals surface area contributed by atoms with E-state index in [4.69, 9.17) is 9.90 Å². The second-order valence-corrected chi connectivity index (χ2v) is 6.11. The molecule has 1 N–H and O–H groups in total. The van der Waals surface area contributed by atoms with E-state index in [9.17, 15) is 9.90 Å². The number of benzene rings is 3. The number of carbonyl (C=O) groups is 1. The molecule has 4 heteroatoms. The Bertz CT molecular complexity index is 1410. The van der Waals surface area contributed by atoms with Crippen molar-refractivity contribution >= 4 is 16.9 Å². The molecule has 0 saturated carbocycles. The van der Waals surface area contributed by atoms with Crippen molar-refractivity contribution in [1.82, 2.24) is 0 Å². The van der Waals surface area contributed by atoms with Gasteiger partial charge in [0.1, 0.15) is 11.3 Å². The van der Waals surface area contributed by atoms with Gasteiger partial charge in [-0.3, -0.25) is 4.99 Å². The molecule has 2 aromatic rings. The fourth-order valence-corrected chi connectivity index (χ4v) is 3.11. The third kappa shape index (κ3) is 2.99. The zero-order valence-corrected chi connectivity index (χ0v) is 14.9. The first kappa shape index (κ1) is 12.9. The summed E-state index contributed by atoms with van der Waals surface area (Å²) in [5, 5.41) is 10.3. The first-order chi connectivity index (χ1) is 14.8. The number of aromatic carboxylic acids is 1. The Morgan fingerprint density at radius 2 is 1.96 bits per heavy atom. The zero-order valence-electron chi connectivity index (χ0n) is 18.9. The van der Waals surface area contributed by atoms with Crippen LogP contribution in [0, 0.1) is 6.92 Å². The fourth-order valence-electron chi connectivity index (χ4n) is 3.11. The van der Waals surface area contributed by atoms with Crippen molar-refractivity contribution in [2.45, 2.75) is 13.8 Å². The van der Waals surface area contributed by atoms with E-state index in [0.29, 0.717) is 23.2 Å². The Kier molecular flexibility index (Phi) is 3.21. The normalized spacial score (nSPS) is 14.1. The number of hydrogen-bond donors (Lipinski definition) is 1. The lowest BCUT2D eigenvalue weighted by Crippen LogP contribution is -2.05. The predicted octanol–water partition coefficient (Wildman–Crippen LogP) is 5.13. The van der Waals surface area contributed by atoms with Crippen LogP contribution in [0.25, 0.3) is 33.4 Å². The van der Waals surface area contributed by atoms with E-state index in [1.165, 1.54) is 18.2 Å². The van der Waals surface area contributed by atoms with Gasteiger partial charge in [0, 0.05) is 29.1 Å². The van der Waals surface area contributed by atoms with Crippen molar-refractivity contribution in [3.63, 3.8) is 0 Å². The van der Waals surface area contributed by atoms with Crippen LogP contribution >= 0.6 is 0 Å². The van der Waals surface area contributed by atoms with Gasteiger partial charge in [-0.25, -0.2) is 4.79 Å². The number of carboxylic acid groups (broad SMARTS) is 1. The molecule has 0 saturated heterocycles. The lowest BCUT2D eigenvalue weighted by Gasteiger charge is -2.17. The Morgan fingerprint density at radius 3 is 2.74 bits per heavy atom. The van der Waals surface area contributed by atoms with Crippen LogP contribution < -0.4 is 5.36 Å². The molecule has 0 radical (unpaired) electrons. The van der Waals surface area contributed by atoms with Gasteiger partial charge in [0.2, 0.25) is 0 Å². The lowest BCUT2D eigenvalue weighted by atomic mass is 9.90. The van der Waals surface area contributed by atoms with Crippen molar-refractivity contribution in [3.8, 4) is 22.5 Å². The summed E-state index contributed by atoms with van der Waals surface area (Å²) in [7, 11) is 0. The number of nitrogens with zero attached hydrogens (tertiary/aromatic N) is 1. The van der Waals surface area contributed by atoms with E-state index in [-0.39, 0.29) is 57.4 Å². The third-order valence-corrected chi connectivity index (χ3v) is 4.25. The summed E-state index contributed by atoms with van der Waals surface area (Å²) in [6, 6.07) is 9.35. The van der Waals surface area contributed by atoms with Crippen LogP contribution in [0.15, 0.2) is 70.0 Å². The number of hydrogen-bond acceptors (Lipinski definition) is 3. The van der Waals surface area contributed by atoms with E-state index in [2.05, 4.69) is 4.99 Å². The zero-order chi connectivity index (χ0) is 22.4. The molecular weight excluding hydrogens is 338 g/mol. The highest BCUT2D eigenvalue weighted by molar-refractivity contribution is 6.07. The molecule has 0 spiro atoms. The second-order valence-electron chi connectivity index (χ2n) is 6.11. The largest absolute Gasteiger partial charge is 0.478 e. The molecular formula is C23H19NO3. The van der Waals surface area contributed by atoms with Gasteiger partial charge in [-0.05, 0) is 49.2 Å². The molecule has 1 aliphatic carbocycles. The SMILES string of the molecule is [2H]c1c/c(=N\CC)c([2H])c2oc3c([2H])c(C)cc([2H])c3c(-c3ccccc3C(=O)O)c1-2. The number of aryl methyl sites for hydroxylation is 1. The van der Waals surface area contributed by atoms with Gasteiger partial charge >= 0.3 is 5.97 Å². The Hall–Kier alpha value is -3.40. The summed E-state index contributed by atoms with van der Waals surface area (Å²) in [5.41, 5.74) is 1.41. The molecule has 27 heavy (non-hydrogen) atoms. The third-order valence-electron chi connectivity index (χ3n) is 4.25. The van der Waals surface area contributed by atoms with Crippen molar-refractivity contribution < 1.29 is 19.8 Å². The topological polar surface area (TPSA) is 62.8 Å². The van der Waals surface area contributed by atoms with Crippen LogP contribution in [0.5, 0.6) is 0 Å². The van der Waals surface area contributed by atoms with Crippen molar-refractivity contribution in [2.24, 2.45) is 4.99 Å². The summed E-state index contributed by atoms with van der Waals surface area (Å²) in [6.07, 6.45) is 0. The van der Waals surface area contributed by atoms with E-state index in [0.717, 1.165) is 0 Å². The molecule has 1 heterocycles. The average Bonchev–Trinajstić information content (AvgIpc) is 2.74. The van der Waals surface area contributed by atoms with Crippen LogP contribution in [0.2, 0.25) is 0 Å². The molecule has 0 bridgehead atoms. The number of rotatable bonds is 3. The highest BCUT2D eigenvalue weighted by Gasteiger charge is 2.20. The summed E-state index contributed by atoms with van der Waals surface area (Å²) < 4.78 is 40.3. The highest BCUT2D eigenvalue weighted by Crippen LogP contribution is 2.41. The molecule has 4 rings (SSSR count). The van der Waals surface area contributed by atoms with Crippen molar-refractivity contribution in [1.29, 1.82) is 0 Å². The molecule has 2 aliphatic rings. The molecule has 0 unspecified atom stereocenters. The van der Waals surface area contributed by atoms with Crippen molar-refractivity contribution in [2.75, 3.05) is 6.54 Å². The van der Waals surface area contributed by atoms with Gasteiger partial charge in [-0.15, -0.1) is 0 Å². The summed E-state index contributed by atoms with van der Waals surface area (Å²) in [6.45, 7) is 3.92. The summed E-state index contributed by atoms with van der Waals surface area (Å²) >= 11 is 0. The highest BCUT2D eigenvalue weighted by atomic mass is 16.4. The van der Waals surface area contributed by atoms with Crippen LogP contribution in [0.1, 0.15) is 28.3 Å². The minimum absolute atomic E-state index is 0.00365. The van der Waals surface area contributed by atoms with Gasteiger partial charge in [0.15, 0.2) is 0 Å². The Morgan fingerprint density at radius 1 is 1.15 bits per heavy atom. The quantitative estimate of drug-likeness (QED) is 0.514. The summed E-state index contributed by atoms with van der Waals surface area (Å²) in [4.78, 5) is 16.2. The number of fused-ring (bicyclic) bond motifs is 2. The monoisotopic (exact) mass is 361 g/mol. The van der Waals surface area contributed by atoms with Gasteiger partial charge < -0.3 is 9.52 Å². The minimum Gasteiger partial charge on any atom is -0.478 e. The standard InChI is InChI=1S/C23H19NO3/c1-3-24-15-9-11-19-21(13-15)27-20-12-14(2)8-10-18(20)22(19)16-6-4-5-7-17(16)23(25)26/h4-13H,3H2,1-2H3,(H,25,26)/b24-15+/i10D,11D,12D,13D. The van der Waals surface area contributed by atoms with Crippen LogP contribution in [0.3, 0.4) is 0 Å². The molecule has 4 nitrogen and oxygen atoms in total. The molecule has 0 aromatic heterocycles. The van der Waals surface area contributed by atoms with Crippen LogP contribution in [0.4, 0.5) is 0 Å². The van der Waals surface area contributed by atoms with Crippen molar-refractivity contribution in [3.05, 3.63) is 77.1 Å². The minimum atomic E-state index is -1.15. The Balaban J connectivity index is 2.36. The van der Waals surface area contributed by atoms with E-state index < -0.39 is 5.97 Å². The first-order valence-corrected chi connectivity index (χ1v) is 8.56. The Labute approximate surface area is 162 Å².